The molecule has 134 valence electrons. The van der Waals surface area contributed by atoms with Gasteiger partial charge in [-0.3, -0.25) is 9.78 Å². The van der Waals surface area contributed by atoms with Crippen molar-refractivity contribution in [1.82, 2.24) is 4.98 Å². The van der Waals surface area contributed by atoms with Crippen LogP contribution in [-0.4, -0.2) is 24.5 Å². The third-order valence-corrected chi connectivity index (χ3v) is 4.48. The predicted molar refractivity (Wildman–Crippen MR) is 104 cm³/mol. The number of benzene rings is 2. The topological polar surface area (TPSA) is 103 Å². The molecule has 0 saturated carbocycles. The van der Waals surface area contributed by atoms with Crippen LogP contribution in [0, 0.1) is 0 Å². The Morgan fingerprint density at radius 2 is 2.12 bits per heavy atom. The Labute approximate surface area is 156 Å². The zero-order valence-corrected chi connectivity index (χ0v) is 15.0. The fraction of sp³-hybridized carbons (Fsp3) is 0.158. The highest BCUT2D eigenvalue weighted by Gasteiger charge is 2.15. The largest absolute Gasteiger partial charge is 0.495 e. The van der Waals surface area contributed by atoms with Crippen LogP contribution < -0.4 is 21.5 Å². The molecule has 0 aliphatic rings. The van der Waals surface area contributed by atoms with E-state index in [-0.39, 0.29) is 6.04 Å². The number of carbonyl (C=O) groups is 1. The van der Waals surface area contributed by atoms with Gasteiger partial charge in [0, 0.05) is 23.8 Å². The fourth-order valence-electron chi connectivity index (χ4n) is 2.87. The SMILES string of the molecule is COc1ccc([C@@H](CN)Nc2ccnc3c(C(N)=O)cccc23)cc1Cl. The number of rotatable bonds is 6. The Morgan fingerprint density at radius 1 is 1.31 bits per heavy atom. The minimum Gasteiger partial charge on any atom is -0.495 e. The fourth-order valence-corrected chi connectivity index (χ4v) is 3.13. The van der Waals surface area contributed by atoms with Crippen LogP contribution in [-0.2, 0) is 0 Å². The number of amides is 1. The number of carbonyl (C=O) groups excluding carboxylic acids is 1. The summed E-state index contributed by atoms with van der Waals surface area (Å²) in [4.78, 5) is 15.9. The molecule has 0 unspecified atom stereocenters. The normalized spacial score (nSPS) is 12.0. The van der Waals surface area contributed by atoms with Crippen molar-refractivity contribution in [2.75, 3.05) is 19.0 Å². The summed E-state index contributed by atoms with van der Waals surface area (Å²) in [5, 5.41) is 4.71. The maximum atomic E-state index is 11.6. The summed E-state index contributed by atoms with van der Waals surface area (Å²) in [7, 11) is 1.57. The van der Waals surface area contributed by atoms with Gasteiger partial charge in [-0.05, 0) is 29.8 Å². The third-order valence-electron chi connectivity index (χ3n) is 4.18. The van der Waals surface area contributed by atoms with Gasteiger partial charge in [-0.15, -0.1) is 0 Å². The lowest BCUT2D eigenvalue weighted by Gasteiger charge is -2.20. The number of nitrogens with two attached hydrogens (primary N) is 2. The molecule has 3 aromatic rings. The number of hydrogen-bond donors (Lipinski definition) is 3. The van der Waals surface area contributed by atoms with Crippen LogP contribution in [0.1, 0.15) is 22.0 Å². The lowest BCUT2D eigenvalue weighted by molar-refractivity contribution is 0.100. The maximum Gasteiger partial charge on any atom is 0.250 e. The number of para-hydroxylation sites is 1. The number of halogens is 1. The van der Waals surface area contributed by atoms with E-state index in [2.05, 4.69) is 10.3 Å². The molecule has 7 heteroatoms. The first kappa shape index (κ1) is 18.0. The van der Waals surface area contributed by atoms with Gasteiger partial charge in [0.05, 0.1) is 29.3 Å². The highest BCUT2D eigenvalue weighted by molar-refractivity contribution is 6.32. The Morgan fingerprint density at radius 3 is 2.77 bits per heavy atom. The van der Waals surface area contributed by atoms with Crippen LogP contribution in [0.15, 0.2) is 48.7 Å². The van der Waals surface area contributed by atoms with Gasteiger partial charge in [-0.1, -0.05) is 29.8 Å². The lowest BCUT2D eigenvalue weighted by Crippen LogP contribution is -2.21. The summed E-state index contributed by atoms with van der Waals surface area (Å²) < 4.78 is 5.19. The van der Waals surface area contributed by atoms with Crippen LogP contribution >= 0.6 is 11.6 Å². The lowest BCUT2D eigenvalue weighted by atomic mass is 10.0. The van der Waals surface area contributed by atoms with E-state index in [9.17, 15) is 4.79 Å². The first-order valence-electron chi connectivity index (χ1n) is 8.02. The van der Waals surface area contributed by atoms with Gasteiger partial charge in [-0.2, -0.15) is 0 Å². The van der Waals surface area contributed by atoms with E-state index in [0.29, 0.717) is 28.4 Å². The number of aromatic nitrogens is 1. The molecule has 3 rings (SSSR count). The van der Waals surface area contributed by atoms with Gasteiger partial charge in [0.2, 0.25) is 0 Å². The molecule has 0 fully saturated rings. The van der Waals surface area contributed by atoms with Crippen molar-refractivity contribution >= 4 is 34.1 Å². The first-order valence-corrected chi connectivity index (χ1v) is 8.40. The Kier molecular flexibility index (Phi) is 5.25. The van der Waals surface area contributed by atoms with E-state index >= 15 is 0 Å². The van der Waals surface area contributed by atoms with Crippen molar-refractivity contribution in [2.24, 2.45) is 11.5 Å². The quantitative estimate of drug-likeness (QED) is 0.618. The summed E-state index contributed by atoms with van der Waals surface area (Å²) in [6, 6.07) is 12.5. The summed E-state index contributed by atoms with van der Waals surface area (Å²) in [5.41, 5.74) is 14.1. The van der Waals surface area contributed by atoms with Crippen molar-refractivity contribution in [3.63, 3.8) is 0 Å². The second-order valence-corrected chi connectivity index (χ2v) is 6.16. The average Bonchev–Trinajstić information content (AvgIpc) is 2.65. The van der Waals surface area contributed by atoms with Gasteiger partial charge in [0.25, 0.3) is 5.91 Å². The van der Waals surface area contributed by atoms with Crippen LogP contribution in [0.2, 0.25) is 5.02 Å². The van der Waals surface area contributed by atoms with E-state index in [1.165, 1.54) is 0 Å². The molecule has 1 aromatic heterocycles. The van der Waals surface area contributed by atoms with Crippen LogP contribution in [0.5, 0.6) is 5.75 Å². The Bertz CT molecular complexity index is 961. The zero-order valence-electron chi connectivity index (χ0n) is 14.2. The molecule has 1 heterocycles. The second-order valence-electron chi connectivity index (χ2n) is 5.75. The summed E-state index contributed by atoms with van der Waals surface area (Å²) in [6.45, 7) is 0.349. The standard InChI is InChI=1S/C19H19ClN4O2/c1-26-17-6-5-11(9-14(17)20)16(10-21)24-15-7-8-23-18-12(15)3-2-4-13(18)19(22)25/h2-9,16H,10,21H2,1H3,(H2,22,25)(H,23,24)/t16-/m1/s1. The van der Waals surface area contributed by atoms with Gasteiger partial charge in [0.15, 0.2) is 0 Å². The molecule has 5 N–H and O–H groups in total. The molecule has 0 aliphatic heterocycles. The van der Waals surface area contributed by atoms with E-state index in [4.69, 9.17) is 27.8 Å². The third kappa shape index (κ3) is 3.42. The van der Waals surface area contributed by atoms with Gasteiger partial charge in [0.1, 0.15) is 5.75 Å². The molecule has 26 heavy (non-hydrogen) atoms. The Balaban J connectivity index is 2.00. The number of anilines is 1. The number of fused-ring (bicyclic) bond motifs is 1. The van der Waals surface area contributed by atoms with Crippen LogP contribution in [0.25, 0.3) is 10.9 Å². The molecular formula is C19H19ClN4O2. The highest BCUT2D eigenvalue weighted by Crippen LogP contribution is 2.31. The number of nitrogens with one attached hydrogen (secondary N) is 1. The highest BCUT2D eigenvalue weighted by atomic mass is 35.5. The number of ether oxygens (including phenoxy) is 1. The molecule has 6 nitrogen and oxygen atoms in total. The summed E-state index contributed by atoms with van der Waals surface area (Å²) in [5.74, 6) is 0.0872. The molecular weight excluding hydrogens is 352 g/mol. The van der Waals surface area contributed by atoms with Gasteiger partial charge >= 0.3 is 0 Å². The molecule has 0 aliphatic carbocycles. The summed E-state index contributed by atoms with van der Waals surface area (Å²) >= 11 is 6.23. The van der Waals surface area contributed by atoms with Crippen molar-refractivity contribution in [1.29, 1.82) is 0 Å². The smallest absolute Gasteiger partial charge is 0.250 e. The molecule has 0 radical (unpaired) electrons. The second kappa shape index (κ2) is 7.59. The number of hydrogen-bond acceptors (Lipinski definition) is 5. The minimum absolute atomic E-state index is 0.179. The number of pyridine rings is 1. The van der Waals surface area contributed by atoms with E-state index in [1.54, 1.807) is 31.5 Å². The number of nitrogens with zero attached hydrogens (tertiary/aromatic N) is 1. The monoisotopic (exact) mass is 370 g/mol. The van der Waals surface area contributed by atoms with Gasteiger partial charge < -0.3 is 21.5 Å². The summed E-state index contributed by atoms with van der Waals surface area (Å²) in [6.07, 6.45) is 1.63. The minimum atomic E-state index is -0.516. The maximum absolute atomic E-state index is 11.6. The van der Waals surface area contributed by atoms with Crippen LogP contribution in [0.4, 0.5) is 5.69 Å². The van der Waals surface area contributed by atoms with Crippen molar-refractivity contribution in [3.8, 4) is 5.75 Å². The Hall–Kier alpha value is -2.83. The molecule has 1 atom stereocenters. The van der Waals surface area contributed by atoms with Gasteiger partial charge in [-0.25, -0.2) is 0 Å². The first-order chi connectivity index (χ1) is 12.5. The van der Waals surface area contributed by atoms with E-state index in [0.717, 1.165) is 16.6 Å². The van der Waals surface area contributed by atoms with E-state index in [1.807, 2.05) is 24.3 Å². The molecule has 0 saturated heterocycles. The van der Waals surface area contributed by atoms with Crippen LogP contribution in [0.3, 0.4) is 0 Å². The molecule has 2 aromatic carbocycles. The number of methoxy groups -OCH3 is 1. The molecule has 1 amide bonds. The molecule has 0 spiro atoms. The average molecular weight is 371 g/mol. The number of primary amides is 1. The van der Waals surface area contributed by atoms with E-state index < -0.39 is 5.91 Å². The van der Waals surface area contributed by atoms with Crippen molar-refractivity contribution in [2.45, 2.75) is 6.04 Å². The van der Waals surface area contributed by atoms with Crippen molar-refractivity contribution in [3.05, 3.63) is 64.8 Å². The molecule has 0 bridgehead atoms. The van der Waals surface area contributed by atoms with Crippen molar-refractivity contribution < 1.29 is 9.53 Å². The zero-order chi connectivity index (χ0) is 18.7. The predicted octanol–water partition coefficient (Wildman–Crippen LogP) is 3.11.